The lowest BCUT2D eigenvalue weighted by Gasteiger charge is -2.16. The molecule has 26 heavy (non-hydrogen) atoms. The van der Waals surface area contributed by atoms with Crippen LogP contribution in [-0.2, 0) is 4.79 Å². The van der Waals surface area contributed by atoms with Crippen LogP contribution in [0, 0.1) is 27.7 Å². The van der Waals surface area contributed by atoms with Crippen LogP contribution in [0.4, 0.5) is 5.69 Å². The van der Waals surface area contributed by atoms with E-state index in [1.54, 1.807) is 0 Å². The van der Waals surface area contributed by atoms with Gasteiger partial charge in [0.05, 0.1) is 4.47 Å². The van der Waals surface area contributed by atoms with E-state index in [-0.39, 0.29) is 17.6 Å². The molecule has 0 radical (unpaired) electrons. The van der Waals surface area contributed by atoms with Crippen LogP contribution in [0.2, 0.25) is 0 Å². The van der Waals surface area contributed by atoms with Crippen LogP contribution in [-0.4, -0.2) is 17.6 Å². The van der Waals surface area contributed by atoms with E-state index in [2.05, 4.69) is 54.6 Å². The number of aryl methyl sites for hydroxylation is 4. The highest BCUT2D eigenvalue weighted by molar-refractivity contribution is 9.11. The van der Waals surface area contributed by atoms with Crippen LogP contribution in [0.5, 0.6) is 5.75 Å². The van der Waals surface area contributed by atoms with Crippen molar-refractivity contribution in [2.45, 2.75) is 27.7 Å². The lowest BCUT2D eigenvalue weighted by Crippen LogP contribution is -2.37. The molecule has 2 aromatic rings. The minimum atomic E-state index is -0.320. The summed E-state index contributed by atoms with van der Waals surface area (Å²) in [5.74, 6) is 0.312. The highest BCUT2D eigenvalue weighted by Crippen LogP contribution is 2.32. The smallest absolute Gasteiger partial charge is 0.264 e. The lowest BCUT2D eigenvalue weighted by molar-refractivity contribution is -0.121. The van der Waals surface area contributed by atoms with Crippen LogP contribution >= 0.6 is 44.1 Å². The van der Waals surface area contributed by atoms with Gasteiger partial charge >= 0.3 is 0 Å². The Hall–Kier alpha value is -1.44. The molecule has 1 amide bonds. The number of rotatable bonds is 4. The standard InChI is InChI=1S/C19H20Br2N2O2S/c1-10-5-11(2)17(12(3)6-10)23-19(26)22-16(24)9-25-18-13(4)7-14(20)8-15(18)21/h5-8H,9H2,1-4H3,(H2,22,23,24,26). The van der Waals surface area contributed by atoms with Gasteiger partial charge in [-0.15, -0.1) is 0 Å². The van der Waals surface area contributed by atoms with E-state index in [0.717, 1.165) is 31.3 Å². The van der Waals surface area contributed by atoms with Gasteiger partial charge in [0.25, 0.3) is 5.91 Å². The third kappa shape index (κ3) is 5.53. The maximum atomic E-state index is 12.1. The van der Waals surface area contributed by atoms with Crippen molar-refractivity contribution < 1.29 is 9.53 Å². The van der Waals surface area contributed by atoms with Crippen LogP contribution < -0.4 is 15.4 Å². The zero-order valence-corrected chi connectivity index (χ0v) is 19.0. The summed E-state index contributed by atoms with van der Waals surface area (Å²) in [6.45, 7) is 7.84. The first-order valence-corrected chi connectivity index (χ1v) is 9.94. The first-order valence-electron chi connectivity index (χ1n) is 7.94. The van der Waals surface area contributed by atoms with Crippen molar-refractivity contribution in [1.29, 1.82) is 0 Å². The van der Waals surface area contributed by atoms with Crippen molar-refractivity contribution in [2.75, 3.05) is 11.9 Å². The Morgan fingerprint density at radius 1 is 1.04 bits per heavy atom. The third-order valence-corrected chi connectivity index (χ3v) is 4.96. The van der Waals surface area contributed by atoms with Crippen molar-refractivity contribution in [1.82, 2.24) is 5.32 Å². The molecule has 0 atom stereocenters. The van der Waals surface area contributed by atoms with Crippen LogP contribution in [0.25, 0.3) is 0 Å². The van der Waals surface area contributed by atoms with Crippen LogP contribution in [0.1, 0.15) is 22.3 Å². The summed E-state index contributed by atoms with van der Waals surface area (Å²) in [6.07, 6.45) is 0. The number of hydrogen-bond donors (Lipinski definition) is 2. The SMILES string of the molecule is Cc1cc(C)c(NC(=S)NC(=O)COc2c(C)cc(Br)cc2Br)c(C)c1. The van der Waals surface area contributed by atoms with Crippen molar-refractivity contribution >= 4 is 60.8 Å². The van der Waals surface area contributed by atoms with E-state index < -0.39 is 0 Å². The largest absolute Gasteiger partial charge is 0.482 e. The zero-order chi connectivity index (χ0) is 19.4. The summed E-state index contributed by atoms with van der Waals surface area (Å²) >= 11 is 12.1. The Bertz CT molecular complexity index is 823. The number of anilines is 1. The van der Waals surface area contributed by atoms with Crippen molar-refractivity contribution in [3.8, 4) is 5.75 Å². The van der Waals surface area contributed by atoms with Crippen LogP contribution in [0.15, 0.2) is 33.2 Å². The summed E-state index contributed by atoms with van der Waals surface area (Å²) in [7, 11) is 0. The van der Waals surface area contributed by atoms with E-state index in [0.29, 0.717) is 5.75 Å². The van der Waals surface area contributed by atoms with Gasteiger partial charge in [-0.3, -0.25) is 10.1 Å². The van der Waals surface area contributed by atoms with Gasteiger partial charge in [0.1, 0.15) is 5.75 Å². The minimum absolute atomic E-state index is 0.130. The number of carbonyl (C=O) groups excluding carboxylic acids is 1. The quantitative estimate of drug-likeness (QED) is 0.557. The third-order valence-electron chi connectivity index (χ3n) is 3.71. The van der Waals surface area contributed by atoms with E-state index >= 15 is 0 Å². The van der Waals surface area contributed by atoms with Gasteiger partial charge in [-0.2, -0.15) is 0 Å². The van der Waals surface area contributed by atoms with E-state index in [1.807, 2.05) is 39.8 Å². The molecule has 0 aromatic heterocycles. The molecule has 0 aliphatic heterocycles. The molecule has 0 aliphatic carbocycles. The number of thiocarbonyl (C=S) groups is 1. The monoisotopic (exact) mass is 498 g/mol. The molecule has 7 heteroatoms. The molecule has 0 heterocycles. The van der Waals surface area contributed by atoms with Crippen molar-refractivity contribution in [3.63, 3.8) is 0 Å². The number of nitrogens with one attached hydrogen (secondary N) is 2. The summed E-state index contributed by atoms with van der Waals surface area (Å²) < 4.78 is 7.35. The van der Waals surface area contributed by atoms with Gasteiger partial charge in [-0.05, 0) is 84.7 Å². The predicted octanol–water partition coefficient (Wildman–Crippen LogP) is 5.34. The summed E-state index contributed by atoms with van der Waals surface area (Å²) in [4.78, 5) is 12.1. The fourth-order valence-corrected chi connectivity index (χ4v) is 4.46. The summed E-state index contributed by atoms with van der Waals surface area (Å²) in [5.41, 5.74) is 5.16. The first kappa shape index (κ1) is 20.9. The second kappa shape index (κ2) is 8.97. The molecule has 138 valence electrons. The van der Waals surface area contributed by atoms with Gasteiger partial charge in [-0.1, -0.05) is 33.6 Å². The summed E-state index contributed by atoms with van der Waals surface area (Å²) in [5, 5.41) is 5.99. The lowest BCUT2D eigenvalue weighted by atomic mass is 10.1. The molecule has 0 fully saturated rings. The van der Waals surface area contributed by atoms with E-state index in [4.69, 9.17) is 17.0 Å². The number of benzene rings is 2. The molecule has 0 saturated heterocycles. The molecule has 2 N–H and O–H groups in total. The van der Waals surface area contributed by atoms with Gasteiger partial charge in [-0.25, -0.2) is 0 Å². The fourth-order valence-electron chi connectivity index (χ4n) is 2.69. The molecule has 0 bridgehead atoms. The molecular weight excluding hydrogens is 480 g/mol. The second-order valence-corrected chi connectivity index (χ2v) is 8.28. The molecule has 2 rings (SSSR count). The topological polar surface area (TPSA) is 50.4 Å². The number of halogens is 2. The normalized spacial score (nSPS) is 10.4. The molecule has 0 aliphatic rings. The molecule has 0 unspecified atom stereocenters. The fraction of sp³-hybridized carbons (Fsp3) is 0.263. The molecule has 4 nitrogen and oxygen atoms in total. The molecular formula is C19H20Br2N2O2S. The Morgan fingerprint density at radius 2 is 1.65 bits per heavy atom. The Labute approximate surface area is 176 Å². The predicted molar refractivity (Wildman–Crippen MR) is 117 cm³/mol. The Morgan fingerprint density at radius 3 is 2.23 bits per heavy atom. The highest BCUT2D eigenvalue weighted by atomic mass is 79.9. The minimum Gasteiger partial charge on any atom is -0.482 e. The molecule has 0 saturated carbocycles. The van der Waals surface area contributed by atoms with E-state index in [9.17, 15) is 4.79 Å². The maximum absolute atomic E-state index is 12.1. The van der Waals surface area contributed by atoms with Gasteiger partial charge in [0.2, 0.25) is 0 Å². The maximum Gasteiger partial charge on any atom is 0.264 e. The van der Waals surface area contributed by atoms with Crippen molar-refractivity contribution in [3.05, 3.63) is 55.5 Å². The number of carbonyl (C=O) groups is 1. The zero-order valence-electron chi connectivity index (χ0n) is 15.0. The number of amides is 1. The number of hydrogen-bond acceptors (Lipinski definition) is 3. The van der Waals surface area contributed by atoms with E-state index in [1.165, 1.54) is 5.56 Å². The Kier molecular flexibility index (Phi) is 7.20. The van der Waals surface area contributed by atoms with Gasteiger partial charge in [0, 0.05) is 10.2 Å². The second-order valence-electron chi connectivity index (χ2n) is 6.10. The Balaban J connectivity index is 1.95. The molecule has 0 spiro atoms. The first-order chi connectivity index (χ1) is 12.2. The highest BCUT2D eigenvalue weighted by Gasteiger charge is 2.12. The van der Waals surface area contributed by atoms with Crippen LogP contribution in [0.3, 0.4) is 0 Å². The van der Waals surface area contributed by atoms with Crippen molar-refractivity contribution in [2.24, 2.45) is 0 Å². The van der Waals surface area contributed by atoms with Gasteiger partial charge in [0.15, 0.2) is 11.7 Å². The average Bonchev–Trinajstić information content (AvgIpc) is 2.49. The average molecular weight is 500 g/mol. The van der Waals surface area contributed by atoms with Gasteiger partial charge < -0.3 is 10.1 Å². The molecule has 2 aromatic carbocycles. The summed E-state index contributed by atoms with van der Waals surface area (Å²) in [6, 6.07) is 7.93. The number of ether oxygens (including phenoxy) is 1.